The normalized spacial score (nSPS) is 10.7. The summed E-state index contributed by atoms with van der Waals surface area (Å²) in [7, 11) is 1.81. The second-order valence-corrected chi connectivity index (χ2v) is 5.29. The van der Waals surface area contributed by atoms with E-state index in [0.717, 1.165) is 0 Å². The Morgan fingerprint density at radius 3 is 2.65 bits per heavy atom. The molecular formula is C17H22N2O4. The lowest BCUT2D eigenvalue weighted by molar-refractivity contribution is 0.0374. The Morgan fingerprint density at radius 2 is 2.04 bits per heavy atom. The number of benzene rings is 1. The molecule has 1 heterocycles. The highest BCUT2D eigenvalue weighted by atomic mass is 16.5. The summed E-state index contributed by atoms with van der Waals surface area (Å²) in [5.74, 6) is 0.713. The molecule has 0 N–H and O–H groups in total. The molecule has 0 spiro atoms. The largest absolute Gasteiger partial charge is 0.493 e. The van der Waals surface area contributed by atoms with Gasteiger partial charge < -0.3 is 14.2 Å². The monoisotopic (exact) mass is 318 g/mol. The number of carbonyl (C=O) groups excluding carboxylic acids is 1. The zero-order valence-electron chi connectivity index (χ0n) is 13.9. The van der Waals surface area contributed by atoms with E-state index < -0.39 is 0 Å². The lowest BCUT2D eigenvalue weighted by Crippen LogP contribution is -2.15. The number of aromatic nitrogens is 2. The van der Waals surface area contributed by atoms with E-state index in [1.54, 1.807) is 29.1 Å². The van der Waals surface area contributed by atoms with Gasteiger partial charge in [-0.1, -0.05) is 6.07 Å². The molecule has 6 heteroatoms. The molecule has 0 saturated carbocycles. The Hall–Kier alpha value is -2.50. The SMILES string of the molecule is CCOc1cccc(C(=O)OC(C)C)c1COc1ccn(C)n1. The summed E-state index contributed by atoms with van der Waals surface area (Å²) < 4.78 is 18.2. The summed E-state index contributed by atoms with van der Waals surface area (Å²) in [6.45, 7) is 6.19. The third kappa shape index (κ3) is 4.48. The molecule has 6 nitrogen and oxygen atoms in total. The minimum atomic E-state index is -0.388. The van der Waals surface area contributed by atoms with E-state index in [2.05, 4.69) is 5.10 Å². The minimum Gasteiger partial charge on any atom is -0.493 e. The van der Waals surface area contributed by atoms with Gasteiger partial charge in [0.2, 0.25) is 5.88 Å². The first-order valence-electron chi connectivity index (χ1n) is 7.59. The lowest BCUT2D eigenvalue weighted by atomic mass is 10.1. The average Bonchev–Trinajstić information content (AvgIpc) is 2.91. The van der Waals surface area contributed by atoms with Gasteiger partial charge in [-0.25, -0.2) is 4.79 Å². The predicted molar refractivity (Wildman–Crippen MR) is 85.7 cm³/mol. The third-order valence-electron chi connectivity index (χ3n) is 3.05. The number of aryl methyl sites for hydroxylation is 1. The van der Waals surface area contributed by atoms with Gasteiger partial charge in [0, 0.05) is 24.9 Å². The third-order valence-corrected chi connectivity index (χ3v) is 3.05. The van der Waals surface area contributed by atoms with Crippen molar-refractivity contribution in [1.82, 2.24) is 9.78 Å². The Labute approximate surface area is 136 Å². The van der Waals surface area contributed by atoms with E-state index in [0.29, 0.717) is 29.4 Å². The van der Waals surface area contributed by atoms with Crippen molar-refractivity contribution in [2.45, 2.75) is 33.5 Å². The average molecular weight is 318 g/mol. The number of nitrogens with zero attached hydrogens (tertiary/aromatic N) is 2. The van der Waals surface area contributed by atoms with E-state index in [1.165, 1.54) is 0 Å². The first-order valence-corrected chi connectivity index (χ1v) is 7.59. The summed E-state index contributed by atoms with van der Waals surface area (Å²) in [5, 5.41) is 4.16. The summed E-state index contributed by atoms with van der Waals surface area (Å²) in [4.78, 5) is 12.3. The molecule has 124 valence electrons. The van der Waals surface area contributed by atoms with Gasteiger partial charge in [-0.05, 0) is 32.9 Å². The molecule has 0 saturated heterocycles. The molecular weight excluding hydrogens is 296 g/mol. The fourth-order valence-electron chi connectivity index (χ4n) is 2.09. The van der Waals surface area contributed by atoms with Gasteiger partial charge in [0.05, 0.1) is 18.3 Å². The van der Waals surface area contributed by atoms with Crippen LogP contribution < -0.4 is 9.47 Å². The smallest absolute Gasteiger partial charge is 0.338 e. The van der Waals surface area contributed by atoms with Crippen molar-refractivity contribution in [2.75, 3.05) is 6.61 Å². The molecule has 0 fully saturated rings. The second kappa shape index (κ2) is 7.67. The Kier molecular flexibility index (Phi) is 5.62. The molecule has 0 unspecified atom stereocenters. The van der Waals surface area contributed by atoms with Crippen LogP contribution in [0, 0.1) is 0 Å². The fourth-order valence-corrected chi connectivity index (χ4v) is 2.09. The maximum absolute atomic E-state index is 12.3. The molecule has 0 aliphatic heterocycles. The number of ether oxygens (including phenoxy) is 3. The maximum atomic E-state index is 12.3. The highest BCUT2D eigenvalue weighted by Crippen LogP contribution is 2.25. The van der Waals surface area contributed by atoms with Crippen LogP contribution in [0.2, 0.25) is 0 Å². The highest BCUT2D eigenvalue weighted by Gasteiger charge is 2.19. The number of hydrogen-bond donors (Lipinski definition) is 0. The minimum absolute atomic E-state index is 0.176. The van der Waals surface area contributed by atoms with Crippen LogP contribution >= 0.6 is 0 Å². The van der Waals surface area contributed by atoms with Gasteiger partial charge in [0.15, 0.2) is 0 Å². The Balaban J connectivity index is 2.26. The van der Waals surface area contributed by atoms with Crippen molar-refractivity contribution in [3.8, 4) is 11.6 Å². The summed E-state index contributed by atoms with van der Waals surface area (Å²) in [5.41, 5.74) is 1.10. The zero-order chi connectivity index (χ0) is 16.8. The quantitative estimate of drug-likeness (QED) is 0.734. The lowest BCUT2D eigenvalue weighted by Gasteiger charge is -2.15. The van der Waals surface area contributed by atoms with Crippen molar-refractivity contribution in [3.05, 3.63) is 41.6 Å². The van der Waals surface area contributed by atoms with Crippen LogP contribution in [-0.2, 0) is 18.4 Å². The van der Waals surface area contributed by atoms with Crippen LogP contribution in [0.4, 0.5) is 0 Å². The van der Waals surface area contributed by atoms with Gasteiger partial charge in [-0.15, -0.1) is 5.10 Å². The molecule has 0 atom stereocenters. The Morgan fingerprint density at radius 1 is 1.26 bits per heavy atom. The molecule has 2 rings (SSSR count). The second-order valence-electron chi connectivity index (χ2n) is 5.29. The van der Waals surface area contributed by atoms with Crippen LogP contribution in [0.25, 0.3) is 0 Å². The van der Waals surface area contributed by atoms with Crippen molar-refractivity contribution in [3.63, 3.8) is 0 Å². The number of esters is 1. The van der Waals surface area contributed by atoms with E-state index in [1.807, 2.05) is 33.9 Å². The molecule has 23 heavy (non-hydrogen) atoms. The van der Waals surface area contributed by atoms with Gasteiger partial charge in [0.1, 0.15) is 12.4 Å². The van der Waals surface area contributed by atoms with Gasteiger partial charge in [-0.2, -0.15) is 0 Å². The highest BCUT2D eigenvalue weighted by molar-refractivity contribution is 5.92. The van der Waals surface area contributed by atoms with Gasteiger partial charge >= 0.3 is 5.97 Å². The van der Waals surface area contributed by atoms with E-state index in [9.17, 15) is 4.79 Å². The molecule has 0 aliphatic carbocycles. The topological polar surface area (TPSA) is 62.6 Å². The van der Waals surface area contributed by atoms with Crippen LogP contribution in [0.1, 0.15) is 36.7 Å². The standard InChI is InChI=1S/C17H22N2O4/c1-5-21-15-8-6-7-13(17(20)23-12(2)3)14(15)11-22-16-9-10-19(4)18-16/h6-10,12H,5,11H2,1-4H3. The molecule has 0 radical (unpaired) electrons. The fraction of sp³-hybridized carbons (Fsp3) is 0.412. The van der Waals surface area contributed by atoms with Crippen molar-refractivity contribution in [1.29, 1.82) is 0 Å². The number of hydrogen-bond acceptors (Lipinski definition) is 5. The molecule has 0 aliphatic rings. The van der Waals surface area contributed by atoms with Crippen LogP contribution in [-0.4, -0.2) is 28.5 Å². The first kappa shape index (κ1) is 16.9. The number of carbonyl (C=O) groups is 1. The molecule has 0 bridgehead atoms. The molecule has 0 amide bonds. The Bertz CT molecular complexity index is 664. The van der Waals surface area contributed by atoms with Gasteiger partial charge in [0.25, 0.3) is 0 Å². The first-order chi connectivity index (χ1) is 11.0. The van der Waals surface area contributed by atoms with Crippen molar-refractivity contribution in [2.24, 2.45) is 7.05 Å². The van der Waals surface area contributed by atoms with Crippen LogP contribution in [0.5, 0.6) is 11.6 Å². The maximum Gasteiger partial charge on any atom is 0.338 e. The van der Waals surface area contributed by atoms with Crippen molar-refractivity contribution >= 4 is 5.97 Å². The van der Waals surface area contributed by atoms with E-state index in [4.69, 9.17) is 14.2 Å². The molecule has 1 aromatic heterocycles. The summed E-state index contributed by atoms with van der Waals surface area (Å²) in [6, 6.07) is 7.05. The van der Waals surface area contributed by atoms with E-state index in [-0.39, 0.29) is 18.7 Å². The van der Waals surface area contributed by atoms with E-state index >= 15 is 0 Å². The van der Waals surface area contributed by atoms with Gasteiger partial charge in [-0.3, -0.25) is 4.68 Å². The van der Waals surface area contributed by atoms with Crippen LogP contribution in [0.3, 0.4) is 0 Å². The molecule has 1 aromatic carbocycles. The zero-order valence-corrected chi connectivity index (χ0v) is 13.9. The molecule has 2 aromatic rings. The number of rotatable bonds is 7. The predicted octanol–water partition coefficient (Wildman–Crippen LogP) is 2.96. The van der Waals surface area contributed by atoms with Crippen molar-refractivity contribution < 1.29 is 19.0 Å². The summed E-state index contributed by atoms with van der Waals surface area (Å²) >= 11 is 0. The van der Waals surface area contributed by atoms with Crippen LogP contribution in [0.15, 0.2) is 30.5 Å². The summed E-state index contributed by atoms with van der Waals surface area (Å²) in [6.07, 6.45) is 1.60.